The molecule has 1 atom stereocenters. The fraction of sp³-hybridized carbons (Fsp3) is 0.467. The first-order valence-electron chi connectivity index (χ1n) is 6.10. The smallest absolute Gasteiger partial charge is 0.106 e. The van der Waals surface area contributed by atoms with Gasteiger partial charge >= 0.3 is 0 Å². The van der Waals surface area contributed by atoms with Crippen molar-refractivity contribution >= 4 is 22.9 Å². The molecular weight excluding hydrogens is 264 g/mol. The second-order valence-electron chi connectivity index (χ2n) is 5.68. The molecule has 0 aliphatic carbocycles. The second-order valence-corrected chi connectivity index (χ2v) is 7.23. The lowest BCUT2D eigenvalue weighted by molar-refractivity contribution is 0.501. The summed E-state index contributed by atoms with van der Waals surface area (Å²) in [7, 11) is 0. The molecule has 1 unspecified atom stereocenters. The van der Waals surface area contributed by atoms with E-state index in [0.717, 1.165) is 17.1 Å². The van der Waals surface area contributed by atoms with Gasteiger partial charge < -0.3 is 4.42 Å². The maximum absolute atomic E-state index is 6.56. The van der Waals surface area contributed by atoms with Crippen LogP contribution < -0.4 is 0 Å². The van der Waals surface area contributed by atoms with Crippen molar-refractivity contribution < 1.29 is 4.42 Å². The van der Waals surface area contributed by atoms with Gasteiger partial charge in [-0.15, -0.1) is 22.9 Å². The van der Waals surface area contributed by atoms with Gasteiger partial charge in [0.15, 0.2) is 0 Å². The van der Waals surface area contributed by atoms with Crippen LogP contribution in [0.1, 0.15) is 53.0 Å². The molecule has 0 aromatic carbocycles. The normalized spacial score (nSPS) is 13.9. The van der Waals surface area contributed by atoms with E-state index in [9.17, 15) is 0 Å². The molecule has 0 amide bonds. The first kappa shape index (κ1) is 13.7. The summed E-state index contributed by atoms with van der Waals surface area (Å²) in [6.45, 7) is 10.6. The highest BCUT2D eigenvalue weighted by atomic mass is 35.5. The van der Waals surface area contributed by atoms with E-state index in [1.54, 1.807) is 11.3 Å². The Hall–Kier alpha value is -0.730. The number of hydrogen-bond donors (Lipinski definition) is 0. The van der Waals surface area contributed by atoms with Gasteiger partial charge in [0.25, 0.3) is 0 Å². The Balaban J connectivity index is 2.32. The zero-order chi connectivity index (χ0) is 13.5. The summed E-state index contributed by atoms with van der Waals surface area (Å²) in [6, 6.07) is 6.34. The summed E-state index contributed by atoms with van der Waals surface area (Å²) in [5.74, 6) is 1.83. The van der Waals surface area contributed by atoms with Crippen LogP contribution in [0.25, 0.3) is 0 Å². The minimum Gasteiger partial charge on any atom is -0.466 e. The molecule has 2 aromatic heterocycles. The number of rotatable bonds is 2. The van der Waals surface area contributed by atoms with E-state index >= 15 is 0 Å². The van der Waals surface area contributed by atoms with Crippen LogP contribution in [0.3, 0.4) is 0 Å². The monoisotopic (exact) mass is 282 g/mol. The SMILES string of the molecule is Cc1cc(C(Cl)c2ccc(C(C)(C)C)s2)c(C)o1. The van der Waals surface area contributed by atoms with Crippen molar-refractivity contribution in [3.63, 3.8) is 0 Å². The summed E-state index contributed by atoms with van der Waals surface area (Å²) in [4.78, 5) is 2.55. The summed E-state index contributed by atoms with van der Waals surface area (Å²) in [5.41, 5.74) is 1.26. The van der Waals surface area contributed by atoms with Crippen LogP contribution in [-0.2, 0) is 5.41 Å². The third-order valence-electron chi connectivity index (χ3n) is 2.97. The predicted molar refractivity (Wildman–Crippen MR) is 78.9 cm³/mol. The highest BCUT2D eigenvalue weighted by molar-refractivity contribution is 7.12. The van der Waals surface area contributed by atoms with Crippen LogP contribution in [0.2, 0.25) is 0 Å². The number of aryl methyl sites for hydroxylation is 2. The molecule has 2 rings (SSSR count). The van der Waals surface area contributed by atoms with Crippen molar-refractivity contribution in [1.29, 1.82) is 0 Å². The quantitative estimate of drug-likeness (QED) is 0.655. The fourth-order valence-corrected chi connectivity index (χ4v) is 3.43. The highest BCUT2D eigenvalue weighted by Gasteiger charge is 2.22. The van der Waals surface area contributed by atoms with Crippen molar-refractivity contribution in [1.82, 2.24) is 0 Å². The number of halogens is 1. The summed E-state index contributed by atoms with van der Waals surface area (Å²) in [5, 5.41) is -0.108. The standard InChI is InChI=1S/C15H19ClOS/c1-9-8-11(10(2)17-9)14(16)12-6-7-13(18-12)15(3,4)5/h6-8,14H,1-5H3. The van der Waals surface area contributed by atoms with Gasteiger partial charge in [-0.05, 0) is 37.5 Å². The Labute approximate surface area is 118 Å². The van der Waals surface area contributed by atoms with Crippen LogP contribution in [0, 0.1) is 13.8 Å². The molecule has 0 aliphatic rings. The van der Waals surface area contributed by atoms with Crippen LogP contribution in [-0.4, -0.2) is 0 Å². The van der Waals surface area contributed by atoms with Gasteiger partial charge in [0.1, 0.15) is 11.5 Å². The largest absolute Gasteiger partial charge is 0.466 e. The Kier molecular flexibility index (Phi) is 3.61. The van der Waals surface area contributed by atoms with Crippen molar-refractivity contribution in [3.8, 4) is 0 Å². The van der Waals surface area contributed by atoms with Gasteiger partial charge in [0.05, 0.1) is 5.38 Å². The van der Waals surface area contributed by atoms with Crippen molar-refractivity contribution in [2.24, 2.45) is 0 Å². The lowest BCUT2D eigenvalue weighted by atomic mass is 9.95. The molecule has 0 radical (unpaired) electrons. The van der Waals surface area contributed by atoms with E-state index in [0.29, 0.717) is 0 Å². The Morgan fingerprint density at radius 3 is 2.33 bits per heavy atom. The molecule has 0 saturated heterocycles. The maximum atomic E-state index is 6.56. The van der Waals surface area contributed by atoms with Crippen molar-refractivity contribution in [3.05, 3.63) is 45.0 Å². The van der Waals surface area contributed by atoms with Gasteiger partial charge in [0.2, 0.25) is 0 Å². The fourth-order valence-electron chi connectivity index (χ4n) is 1.95. The molecule has 0 N–H and O–H groups in total. The number of alkyl halides is 1. The van der Waals surface area contributed by atoms with E-state index in [1.165, 1.54) is 9.75 Å². The highest BCUT2D eigenvalue weighted by Crippen LogP contribution is 2.39. The number of thiophene rings is 1. The zero-order valence-corrected chi connectivity index (χ0v) is 13.1. The lowest BCUT2D eigenvalue weighted by Crippen LogP contribution is -2.07. The summed E-state index contributed by atoms with van der Waals surface area (Å²) >= 11 is 8.35. The molecule has 3 heteroatoms. The molecule has 2 aromatic rings. The molecule has 0 fully saturated rings. The van der Waals surface area contributed by atoms with Crippen molar-refractivity contribution in [2.45, 2.75) is 45.4 Å². The van der Waals surface area contributed by atoms with Crippen LogP contribution in [0.4, 0.5) is 0 Å². The molecule has 0 aliphatic heterocycles. The molecule has 18 heavy (non-hydrogen) atoms. The molecule has 2 heterocycles. The number of furan rings is 1. The average Bonchev–Trinajstić information content (AvgIpc) is 2.83. The lowest BCUT2D eigenvalue weighted by Gasteiger charge is -2.15. The molecule has 98 valence electrons. The van der Waals surface area contributed by atoms with E-state index in [1.807, 2.05) is 19.9 Å². The molecule has 1 nitrogen and oxygen atoms in total. The zero-order valence-electron chi connectivity index (χ0n) is 11.5. The van der Waals surface area contributed by atoms with Crippen molar-refractivity contribution in [2.75, 3.05) is 0 Å². The van der Waals surface area contributed by atoms with Gasteiger partial charge in [-0.3, -0.25) is 0 Å². The predicted octanol–water partition coefficient (Wildman–Crippen LogP) is 5.58. The third kappa shape index (κ3) is 2.65. The van der Waals surface area contributed by atoms with E-state index < -0.39 is 0 Å². The molecule has 0 spiro atoms. The maximum Gasteiger partial charge on any atom is 0.106 e. The van der Waals surface area contributed by atoms with Gasteiger partial charge in [-0.25, -0.2) is 0 Å². The van der Waals surface area contributed by atoms with Crippen LogP contribution in [0.5, 0.6) is 0 Å². The minimum absolute atomic E-state index is 0.108. The first-order valence-corrected chi connectivity index (χ1v) is 7.35. The van der Waals surface area contributed by atoms with Gasteiger partial charge in [0, 0.05) is 15.3 Å². The van der Waals surface area contributed by atoms with Gasteiger partial charge in [-0.2, -0.15) is 0 Å². The topological polar surface area (TPSA) is 13.1 Å². The summed E-state index contributed by atoms with van der Waals surface area (Å²) < 4.78 is 5.55. The molecule has 0 bridgehead atoms. The minimum atomic E-state index is -0.108. The Morgan fingerprint density at radius 1 is 1.22 bits per heavy atom. The first-order chi connectivity index (χ1) is 8.29. The van der Waals surface area contributed by atoms with E-state index in [-0.39, 0.29) is 10.8 Å². The van der Waals surface area contributed by atoms with Gasteiger partial charge in [-0.1, -0.05) is 20.8 Å². The Morgan fingerprint density at radius 2 is 1.89 bits per heavy atom. The van der Waals surface area contributed by atoms with Crippen LogP contribution >= 0.6 is 22.9 Å². The van der Waals surface area contributed by atoms with Crippen LogP contribution in [0.15, 0.2) is 22.6 Å². The summed E-state index contributed by atoms with van der Waals surface area (Å²) in [6.07, 6.45) is 0. The molecule has 0 saturated carbocycles. The number of hydrogen-bond acceptors (Lipinski definition) is 2. The van der Waals surface area contributed by atoms with E-state index in [4.69, 9.17) is 16.0 Å². The average molecular weight is 283 g/mol. The third-order valence-corrected chi connectivity index (χ3v) is 5.14. The van der Waals surface area contributed by atoms with E-state index in [2.05, 4.69) is 32.9 Å². The molecular formula is C15H19ClOS. The second kappa shape index (κ2) is 4.75. The Bertz CT molecular complexity index is 545.